The van der Waals surface area contributed by atoms with E-state index in [1.54, 1.807) is 18.3 Å². The fraction of sp³-hybridized carbons (Fsp3) is 0.583. The van der Waals surface area contributed by atoms with Crippen LogP contribution in [0.15, 0.2) is 17.5 Å². The molecule has 0 aliphatic rings. The van der Waals surface area contributed by atoms with Gasteiger partial charge in [-0.2, -0.15) is 0 Å². The summed E-state index contributed by atoms with van der Waals surface area (Å²) in [4.78, 5) is 12.7. The summed E-state index contributed by atoms with van der Waals surface area (Å²) in [6.07, 6.45) is 1.20. The molecule has 0 amide bonds. The van der Waals surface area contributed by atoms with Crippen LogP contribution in [0.1, 0.15) is 31.6 Å². The van der Waals surface area contributed by atoms with Crippen LogP contribution in [-0.2, 0) is 20.9 Å². The highest BCUT2D eigenvalue weighted by Gasteiger charge is 2.19. The number of ether oxygens (including phenoxy) is 2. The topological polar surface area (TPSA) is 35.5 Å². The molecule has 0 N–H and O–H groups in total. The minimum absolute atomic E-state index is 0.249. The van der Waals surface area contributed by atoms with Gasteiger partial charge in [0.05, 0.1) is 13.2 Å². The molecule has 0 saturated heterocycles. The summed E-state index contributed by atoms with van der Waals surface area (Å²) >= 11 is 1.63. The first kappa shape index (κ1) is 13.2. The van der Waals surface area contributed by atoms with E-state index in [0.717, 1.165) is 11.3 Å². The lowest BCUT2D eigenvalue weighted by molar-refractivity contribution is -0.158. The molecule has 0 radical (unpaired) electrons. The summed E-state index contributed by atoms with van der Waals surface area (Å²) in [5.74, 6) is -0.249. The maximum Gasteiger partial charge on any atom is 0.335 e. The molecule has 4 heteroatoms. The van der Waals surface area contributed by atoms with Crippen molar-refractivity contribution in [3.8, 4) is 0 Å². The van der Waals surface area contributed by atoms with E-state index in [1.165, 1.54) is 0 Å². The molecule has 1 unspecified atom stereocenters. The fourth-order valence-corrected chi connectivity index (χ4v) is 1.97. The molecule has 0 bridgehead atoms. The summed E-state index contributed by atoms with van der Waals surface area (Å²) in [6.45, 7) is 4.73. The van der Waals surface area contributed by atoms with Gasteiger partial charge in [-0.3, -0.25) is 0 Å². The Balaban J connectivity index is 2.41. The van der Waals surface area contributed by atoms with Crippen molar-refractivity contribution in [2.45, 2.75) is 39.4 Å². The molecule has 16 heavy (non-hydrogen) atoms. The molecule has 0 fully saturated rings. The molecule has 1 heterocycles. The Morgan fingerprint density at radius 3 is 2.88 bits per heavy atom. The molecule has 0 aromatic carbocycles. The minimum atomic E-state index is -0.424. The third kappa shape index (κ3) is 4.33. The number of carbonyl (C=O) groups excluding carboxylic acids is 1. The van der Waals surface area contributed by atoms with Gasteiger partial charge in [0.1, 0.15) is 0 Å². The third-order valence-corrected chi connectivity index (χ3v) is 2.96. The second kappa shape index (κ2) is 7.41. The van der Waals surface area contributed by atoms with Crippen molar-refractivity contribution < 1.29 is 14.3 Å². The van der Waals surface area contributed by atoms with Crippen LogP contribution in [0.3, 0.4) is 0 Å². The molecule has 0 aliphatic carbocycles. The Labute approximate surface area is 100 Å². The molecular formula is C12H18O3S. The highest BCUT2D eigenvalue weighted by atomic mass is 32.1. The maximum atomic E-state index is 11.5. The SMILES string of the molecule is CCCC(OCc1cccs1)C(=O)OCC. The Morgan fingerprint density at radius 1 is 1.50 bits per heavy atom. The van der Waals surface area contributed by atoms with Crippen molar-refractivity contribution in [2.24, 2.45) is 0 Å². The van der Waals surface area contributed by atoms with E-state index in [0.29, 0.717) is 19.6 Å². The van der Waals surface area contributed by atoms with Gasteiger partial charge in [0.2, 0.25) is 0 Å². The van der Waals surface area contributed by atoms with E-state index in [1.807, 2.05) is 24.4 Å². The molecular weight excluding hydrogens is 224 g/mol. The van der Waals surface area contributed by atoms with Gasteiger partial charge < -0.3 is 9.47 Å². The quantitative estimate of drug-likeness (QED) is 0.689. The van der Waals surface area contributed by atoms with Crippen LogP contribution in [0.2, 0.25) is 0 Å². The van der Waals surface area contributed by atoms with Crippen LogP contribution in [0, 0.1) is 0 Å². The molecule has 1 aromatic rings. The average Bonchev–Trinajstić information content (AvgIpc) is 2.77. The van der Waals surface area contributed by atoms with Gasteiger partial charge in [0.25, 0.3) is 0 Å². The largest absolute Gasteiger partial charge is 0.464 e. The fourth-order valence-electron chi connectivity index (χ4n) is 1.34. The van der Waals surface area contributed by atoms with Crippen molar-refractivity contribution in [3.63, 3.8) is 0 Å². The summed E-state index contributed by atoms with van der Waals surface area (Å²) in [6, 6.07) is 3.97. The smallest absolute Gasteiger partial charge is 0.335 e. The number of esters is 1. The van der Waals surface area contributed by atoms with Gasteiger partial charge >= 0.3 is 5.97 Å². The van der Waals surface area contributed by atoms with Gasteiger partial charge in [0, 0.05) is 4.88 Å². The molecule has 0 aliphatic heterocycles. The molecule has 0 saturated carbocycles. The average molecular weight is 242 g/mol. The number of carbonyl (C=O) groups is 1. The maximum absolute atomic E-state index is 11.5. The van der Waals surface area contributed by atoms with Crippen LogP contribution >= 0.6 is 11.3 Å². The van der Waals surface area contributed by atoms with E-state index in [4.69, 9.17) is 9.47 Å². The molecule has 3 nitrogen and oxygen atoms in total. The first-order valence-electron chi connectivity index (χ1n) is 5.58. The standard InChI is InChI=1S/C12H18O3S/c1-3-6-11(12(13)14-4-2)15-9-10-7-5-8-16-10/h5,7-8,11H,3-4,6,9H2,1-2H3. The highest BCUT2D eigenvalue weighted by Crippen LogP contribution is 2.13. The van der Waals surface area contributed by atoms with Crippen LogP contribution in [0.4, 0.5) is 0 Å². The monoisotopic (exact) mass is 242 g/mol. The predicted molar refractivity (Wildman–Crippen MR) is 64.4 cm³/mol. The Morgan fingerprint density at radius 2 is 2.31 bits per heavy atom. The lowest BCUT2D eigenvalue weighted by atomic mass is 10.2. The predicted octanol–water partition coefficient (Wildman–Crippen LogP) is 3.00. The highest BCUT2D eigenvalue weighted by molar-refractivity contribution is 7.09. The summed E-state index contributed by atoms with van der Waals surface area (Å²) in [5, 5.41) is 2.00. The normalized spacial score (nSPS) is 12.4. The van der Waals surface area contributed by atoms with Gasteiger partial charge in [0.15, 0.2) is 6.10 Å². The molecule has 1 aromatic heterocycles. The van der Waals surface area contributed by atoms with Crippen LogP contribution < -0.4 is 0 Å². The second-order valence-electron chi connectivity index (χ2n) is 3.42. The zero-order chi connectivity index (χ0) is 11.8. The van der Waals surface area contributed by atoms with E-state index < -0.39 is 6.10 Å². The minimum Gasteiger partial charge on any atom is -0.464 e. The summed E-state index contributed by atoms with van der Waals surface area (Å²) < 4.78 is 10.5. The Kier molecular flexibility index (Phi) is 6.11. The van der Waals surface area contributed by atoms with E-state index >= 15 is 0 Å². The second-order valence-corrected chi connectivity index (χ2v) is 4.45. The van der Waals surface area contributed by atoms with Gasteiger partial charge in [-0.15, -0.1) is 11.3 Å². The van der Waals surface area contributed by atoms with Crippen LogP contribution in [-0.4, -0.2) is 18.7 Å². The van der Waals surface area contributed by atoms with E-state index in [2.05, 4.69) is 0 Å². The van der Waals surface area contributed by atoms with Crippen molar-refractivity contribution in [1.29, 1.82) is 0 Å². The van der Waals surface area contributed by atoms with Crippen molar-refractivity contribution >= 4 is 17.3 Å². The van der Waals surface area contributed by atoms with E-state index in [9.17, 15) is 4.79 Å². The Bertz CT molecular complexity index is 295. The molecule has 0 spiro atoms. The van der Waals surface area contributed by atoms with Crippen molar-refractivity contribution in [2.75, 3.05) is 6.61 Å². The zero-order valence-electron chi connectivity index (χ0n) is 9.77. The van der Waals surface area contributed by atoms with Gasteiger partial charge in [-0.25, -0.2) is 4.79 Å². The third-order valence-electron chi connectivity index (χ3n) is 2.11. The van der Waals surface area contributed by atoms with E-state index in [-0.39, 0.29) is 5.97 Å². The van der Waals surface area contributed by atoms with Crippen LogP contribution in [0.25, 0.3) is 0 Å². The lowest BCUT2D eigenvalue weighted by Gasteiger charge is -2.15. The Hall–Kier alpha value is -0.870. The lowest BCUT2D eigenvalue weighted by Crippen LogP contribution is -2.26. The molecule has 90 valence electrons. The van der Waals surface area contributed by atoms with Gasteiger partial charge in [-0.05, 0) is 24.8 Å². The molecule has 1 rings (SSSR count). The summed E-state index contributed by atoms with van der Waals surface area (Å²) in [5.41, 5.74) is 0. The number of thiophene rings is 1. The number of hydrogen-bond acceptors (Lipinski definition) is 4. The number of hydrogen-bond donors (Lipinski definition) is 0. The first-order valence-corrected chi connectivity index (χ1v) is 6.46. The zero-order valence-corrected chi connectivity index (χ0v) is 10.6. The molecule has 1 atom stereocenters. The van der Waals surface area contributed by atoms with Crippen LogP contribution in [0.5, 0.6) is 0 Å². The first-order chi connectivity index (χ1) is 7.77. The van der Waals surface area contributed by atoms with Gasteiger partial charge in [-0.1, -0.05) is 19.4 Å². The van der Waals surface area contributed by atoms with Crippen molar-refractivity contribution in [1.82, 2.24) is 0 Å². The summed E-state index contributed by atoms with van der Waals surface area (Å²) in [7, 11) is 0. The van der Waals surface area contributed by atoms with Crippen molar-refractivity contribution in [3.05, 3.63) is 22.4 Å². The number of rotatable bonds is 7.